The summed E-state index contributed by atoms with van der Waals surface area (Å²) in [6, 6.07) is 9.42. The van der Waals surface area contributed by atoms with Crippen molar-refractivity contribution in [2.24, 2.45) is 7.05 Å². The number of hydrogen-bond donors (Lipinski definition) is 1. The molecule has 0 saturated carbocycles. The highest BCUT2D eigenvalue weighted by Crippen LogP contribution is 2.30. The quantitative estimate of drug-likeness (QED) is 0.694. The molecule has 1 aromatic heterocycles. The Morgan fingerprint density at radius 3 is 2.61 bits per heavy atom. The molecule has 2 aromatic rings. The van der Waals surface area contributed by atoms with Crippen LogP contribution in [-0.4, -0.2) is 10.5 Å². The van der Waals surface area contributed by atoms with Gasteiger partial charge in [-0.25, -0.2) is 0 Å². The van der Waals surface area contributed by atoms with Crippen LogP contribution in [0.15, 0.2) is 48.2 Å². The Labute approximate surface area is 130 Å². The minimum Gasteiger partial charge on any atom is -0.351 e. The summed E-state index contributed by atoms with van der Waals surface area (Å²) in [6.45, 7) is 0. The van der Waals surface area contributed by atoms with Crippen LogP contribution in [0.4, 0.5) is 18.9 Å². The van der Waals surface area contributed by atoms with E-state index in [1.54, 1.807) is 36.0 Å². The summed E-state index contributed by atoms with van der Waals surface area (Å²) >= 11 is 0. The molecule has 118 valence electrons. The van der Waals surface area contributed by atoms with E-state index in [4.69, 9.17) is 5.26 Å². The highest BCUT2D eigenvalue weighted by molar-refractivity contribution is 6.09. The Morgan fingerprint density at radius 1 is 1.30 bits per heavy atom. The van der Waals surface area contributed by atoms with Crippen LogP contribution < -0.4 is 5.32 Å². The smallest absolute Gasteiger partial charge is 0.351 e. The lowest BCUT2D eigenvalue weighted by Gasteiger charge is -2.09. The number of anilines is 1. The van der Waals surface area contributed by atoms with Gasteiger partial charge in [-0.3, -0.25) is 4.79 Å². The van der Waals surface area contributed by atoms with Crippen LogP contribution in [0.2, 0.25) is 0 Å². The van der Waals surface area contributed by atoms with Gasteiger partial charge in [-0.2, -0.15) is 18.4 Å². The second kappa shape index (κ2) is 6.40. The van der Waals surface area contributed by atoms with Gasteiger partial charge in [0.05, 0.1) is 5.56 Å². The summed E-state index contributed by atoms with van der Waals surface area (Å²) < 4.78 is 39.6. The Morgan fingerprint density at radius 2 is 2.04 bits per heavy atom. The molecule has 4 nitrogen and oxygen atoms in total. The van der Waals surface area contributed by atoms with Crippen LogP contribution in [0.5, 0.6) is 0 Å². The van der Waals surface area contributed by atoms with Crippen molar-refractivity contribution in [3.8, 4) is 6.07 Å². The van der Waals surface area contributed by atoms with Gasteiger partial charge in [0.15, 0.2) is 0 Å². The number of hydrogen-bond acceptors (Lipinski definition) is 2. The van der Waals surface area contributed by atoms with Gasteiger partial charge < -0.3 is 9.88 Å². The summed E-state index contributed by atoms with van der Waals surface area (Å²) in [7, 11) is 1.74. The molecule has 0 bridgehead atoms. The second-order valence-corrected chi connectivity index (χ2v) is 4.75. The van der Waals surface area contributed by atoms with E-state index in [0.29, 0.717) is 5.69 Å². The molecule has 2 rings (SSSR count). The van der Waals surface area contributed by atoms with Crippen molar-refractivity contribution >= 4 is 17.7 Å². The minimum absolute atomic E-state index is 0.0298. The van der Waals surface area contributed by atoms with Gasteiger partial charge in [0, 0.05) is 24.6 Å². The molecule has 23 heavy (non-hydrogen) atoms. The summed E-state index contributed by atoms with van der Waals surface area (Å²) in [4.78, 5) is 12.0. The largest absolute Gasteiger partial charge is 0.416 e. The highest BCUT2D eigenvalue weighted by atomic mass is 19.4. The molecule has 0 aliphatic rings. The lowest BCUT2D eigenvalue weighted by Crippen LogP contribution is -2.14. The van der Waals surface area contributed by atoms with E-state index in [1.807, 2.05) is 0 Å². The predicted octanol–water partition coefficient (Wildman–Crippen LogP) is 3.59. The molecule has 7 heteroatoms. The van der Waals surface area contributed by atoms with Crippen molar-refractivity contribution < 1.29 is 18.0 Å². The number of aromatic nitrogens is 1. The van der Waals surface area contributed by atoms with E-state index in [0.717, 1.165) is 12.1 Å². The fraction of sp³-hybridized carbons (Fsp3) is 0.125. The maximum Gasteiger partial charge on any atom is 0.416 e. The summed E-state index contributed by atoms with van der Waals surface area (Å²) in [5, 5.41) is 11.4. The number of amides is 1. The molecule has 0 atom stereocenters. The van der Waals surface area contributed by atoms with Gasteiger partial charge >= 0.3 is 6.18 Å². The molecule has 0 aliphatic heterocycles. The summed E-state index contributed by atoms with van der Waals surface area (Å²) in [5.74, 6) is -0.770. The molecule has 0 saturated heterocycles. The molecule has 0 fully saturated rings. The van der Waals surface area contributed by atoms with Gasteiger partial charge in [0.2, 0.25) is 0 Å². The topological polar surface area (TPSA) is 57.8 Å². The van der Waals surface area contributed by atoms with Crippen LogP contribution in [0.25, 0.3) is 6.08 Å². The van der Waals surface area contributed by atoms with Gasteiger partial charge in [0.25, 0.3) is 5.91 Å². The van der Waals surface area contributed by atoms with Crippen molar-refractivity contribution in [2.45, 2.75) is 6.18 Å². The van der Waals surface area contributed by atoms with E-state index < -0.39 is 17.6 Å². The van der Waals surface area contributed by atoms with E-state index in [2.05, 4.69) is 5.32 Å². The zero-order valence-electron chi connectivity index (χ0n) is 12.1. The number of carbonyl (C=O) groups excluding carboxylic acids is 1. The number of halogens is 3. The van der Waals surface area contributed by atoms with Crippen LogP contribution in [-0.2, 0) is 18.0 Å². The van der Waals surface area contributed by atoms with Crippen molar-refractivity contribution in [3.05, 3.63) is 59.4 Å². The van der Waals surface area contributed by atoms with Crippen molar-refractivity contribution in [3.63, 3.8) is 0 Å². The average Bonchev–Trinajstić information content (AvgIpc) is 2.89. The highest BCUT2D eigenvalue weighted by Gasteiger charge is 2.30. The van der Waals surface area contributed by atoms with Gasteiger partial charge in [0.1, 0.15) is 11.6 Å². The first kappa shape index (κ1) is 16.4. The third-order valence-electron chi connectivity index (χ3n) is 3.09. The first-order chi connectivity index (χ1) is 10.8. The lowest BCUT2D eigenvalue weighted by atomic mass is 10.1. The normalized spacial score (nSPS) is 11.9. The molecule has 0 radical (unpaired) electrons. The molecular weight excluding hydrogens is 307 g/mol. The summed E-state index contributed by atoms with van der Waals surface area (Å²) in [5.41, 5.74) is -0.483. The number of nitrogens with one attached hydrogen (secondary N) is 1. The minimum atomic E-state index is -4.50. The molecular formula is C16H12F3N3O. The zero-order valence-corrected chi connectivity index (χ0v) is 12.1. The van der Waals surface area contributed by atoms with Crippen LogP contribution >= 0.6 is 0 Å². The molecule has 1 amide bonds. The molecule has 1 N–H and O–H groups in total. The predicted molar refractivity (Wildman–Crippen MR) is 79.1 cm³/mol. The average molecular weight is 319 g/mol. The Balaban J connectivity index is 2.23. The number of aryl methyl sites for hydroxylation is 1. The number of carbonyl (C=O) groups is 1. The third-order valence-corrected chi connectivity index (χ3v) is 3.09. The molecule has 1 heterocycles. The SMILES string of the molecule is Cn1cccc1C=C(C#N)C(=O)Nc1cccc(C(F)(F)F)c1. The van der Waals surface area contributed by atoms with E-state index in [1.165, 1.54) is 18.2 Å². The van der Waals surface area contributed by atoms with E-state index in [-0.39, 0.29) is 11.3 Å². The van der Waals surface area contributed by atoms with Crippen molar-refractivity contribution in [2.75, 3.05) is 5.32 Å². The fourth-order valence-electron chi connectivity index (χ4n) is 1.89. The number of nitriles is 1. The van der Waals surface area contributed by atoms with Crippen LogP contribution in [0.1, 0.15) is 11.3 Å². The molecule has 0 unspecified atom stereocenters. The summed E-state index contributed by atoms with van der Waals surface area (Å²) in [6.07, 6.45) is -1.40. The van der Waals surface area contributed by atoms with Crippen molar-refractivity contribution in [1.82, 2.24) is 4.57 Å². The van der Waals surface area contributed by atoms with Crippen LogP contribution in [0, 0.1) is 11.3 Å². The fourth-order valence-corrected chi connectivity index (χ4v) is 1.89. The second-order valence-electron chi connectivity index (χ2n) is 4.75. The van der Waals surface area contributed by atoms with E-state index in [9.17, 15) is 18.0 Å². The maximum atomic E-state index is 12.6. The number of alkyl halides is 3. The molecule has 0 aliphatic carbocycles. The van der Waals surface area contributed by atoms with Crippen LogP contribution in [0.3, 0.4) is 0 Å². The van der Waals surface area contributed by atoms with Gasteiger partial charge in [-0.1, -0.05) is 6.07 Å². The number of nitrogens with zero attached hydrogens (tertiary/aromatic N) is 2. The zero-order chi connectivity index (χ0) is 17.0. The van der Waals surface area contributed by atoms with E-state index >= 15 is 0 Å². The first-order valence-electron chi connectivity index (χ1n) is 6.53. The molecule has 1 aromatic carbocycles. The van der Waals surface area contributed by atoms with Gasteiger partial charge in [-0.15, -0.1) is 0 Å². The monoisotopic (exact) mass is 319 g/mol. The maximum absolute atomic E-state index is 12.6. The van der Waals surface area contributed by atoms with Gasteiger partial charge in [-0.05, 0) is 36.4 Å². The lowest BCUT2D eigenvalue weighted by molar-refractivity contribution is -0.137. The Kier molecular flexibility index (Phi) is 4.55. The standard InChI is InChI=1S/C16H12F3N3O/c1-22-7-3-6-14(22)8-11(10-20)15(23)21-13-5-2-4-12(9-13)16(17,18)19/h2-9H,1H3,(H,21,23). The Bertz CT molecular complexity index is 797. The number of rotatable bonds is 3. The third kappa shape index (κ3) is 4.01. The molecule has 0 spiro atoms. The number of benzene rings is 1. The Hall–Kier alpha value is -3.01. The van der Waals surface area contributed by atoms with Crippen molar-refractivity contribution in [1.29, 1.82) is 5.26 Å². The first-order valence-corrected chi connectivity index (χ1v) is 6.53.